The van der Waals surface area contributed by atoms with Crippen molar-refractivity contribution in [2.75, 3.05) is 5.75 Å². The van der Waals surface area contributed by atoms with E-state index >= 15 is 0 Å². The van der Waals surface area contributed by atoms with Crippen LogP contribution in [0.3, 0.4) is 0 Å². The molecular weight excluding hydrogens is 463 g/mol. The molecule has 10 nitrogen and oxygen atoms in total. The summed E-state index contributed by atoms with van der Waals surface area (Å²) in [7, 11) is -4.30. The quantitative estimate of drug-likeness (QED) is 0.0800. The number of carbonyl (C=O) groups excluding carboxylic acids is 2. The summed E-state index contributed by atoms with van der Waals surface area (Å²) >= 11 is 0. The van der Waals surface area contributed by atoms with Crippen LogP contribution in [0.1, 0.15) is 79.6 Å². The van der Waals surface area contributed by atoms with E-state index < -0.39 is 34.0 Å². The summed E-state index contributed by atoms with van der Waals surface area (Å²) in [5, 5.41) is 21.6. The van der Waals surface area contributed by atoms with E-state index in [0.717, 1.165) is 0 Å². The Morgan fingerprint density at radius 3 is 1.94 bits per heavy atom. The average molecular weight is 507 g/mol. The third-order valence-corrected chi connectivity index (χ3v) is 5.82. The van der Waals surface area contributed by atoms with Gasteiger partial charge >= 0.3 is 35.5 Å². The molecule has 6 unspecified atom stereocenters. The molecule has 6 atom stereocenters. The second-order valence-corrected chi connectivity index (χ2v) is 9.70. The molecule has 5 N–H and O–H groups in total. The van der Waals surface area contributed by atoms with Crippen molar-refractivity contribution in [3.05, 3.63) is 0 Å². The molecule has 192 valence electrons. The van der Waals surface area contributed by atoms with Crippen LogP contribution in [0.15, 0.2) is 0 Å². The van der Waals surface area contributed by atoms with Crippen LogP contribution < -0.4 is 40.6 Å². The maximum atomic E-state index is 11.0. The molecule has 33 heavy (non-hydrogen) atoms. The normalized spacial score (nSPS) is 16.5. The van der Waals surface area contributed by atoms with Crippen LogP contribution >= 0.6 is 0 Å². The molecule has 0 aliphatic rings. The molecule has 0 aliphatic carbocycles. The zero-order valence-electron chi connectivity index (χ0n) is 21.0. The van der Waals surface area contributed by atoms with Crippen LogP contribution in [-0.2, 0) is 24.4 Å². The van der Waals surface area contributed by atoms with Crippen molar-refractivity contribution in [1.82, 2.24) is 5.32 Å². The van der Waals surface area contributed by atoms with Crippen molar-refractivity contribution in [2.45, 2.75) is 110 Å². The first-order chi connectivity index (χ1) is 14.8. The van der Waals surface area contributed by atoms with Gasteiger partial charge < -0.3 is 30.6 Å². The van der Waals surface area contributed by atoms with Gasteiger partial charge in [-0.25, -0.2) is 8.42 Å². The monoisotopic (exact) mass is 506 g/mol. The third-order valence-electron chi connectivity index (χ3n) is 4.94. The molecule has 0 aromatic heterocycles. The van der Waals surface area contributed by atoms with Crippen molar-refractivity contribution in [3.63, 3.8) is 0 Å². The fourth-order valence-electron chi connectivity index (χ4n) is 3.18. The van der Waals surface area contributed by atoms with E-state index in [1.165, 1.54) is 6.92 Å². The number of ether oxygens (including phenoxy) is 1. The van der Waals surface area contributed by atoms with Crippen molar-refractivity contribution < 1.29 is 67.1 Å². The molecule has 0 aromatic rings. The Hall–Kier alpha value is -0.270. The average Bonchev–Trinajstić information content (AvgIpc) is 2.65. The van der Waals surface area contributed by atoms with Gasteiger partial charge in [-0.05, 0) is 44.9 Å². The molecule has 0 radical (unpaired) electrons. The molecule has 0 rings (SSSR count). The Balaban J connectivity index is -0.000000566. The summed E-state index contributed by atoms with van der Waals surface area (Å²) in [6.07, 6.45) is 2.69. The largest absolute Gasteiger partial charge is 1.00 e. The van der Waals surface area contributed by atoms with Gasteiger partial charge in [-0.15, -0.1) is 0 Å². The number of esters is 1. The molecule has 0 spiro atoms. The van der Waals surface area contributed by atoms with Gasteiger partial charge in [0, 0.05) is 31.2 Å². The molecule has 0 aliphatic heterocycles. The predicted molar refractivity (Wildman–Crippen MR) is 122 cm³/mol. The van der Waals surface area contributed by atoms with Gasteiger partial charge in [-0.2, -0.15) is 0 Å². The van der Waals surface area contributed by atoms with Crippen LogP contribution in [0.5, 0.6) is 0 Å². The van der Waals surface area contributed by atoms with Crippen molar-refractivity contribution in [1.29, 1.82) is 0 Å². The minimum absolute atomic E-state index is 0. The van der Waals surface area contributed by atoms with E-state index in [1.807, 2.05) is 13.8 Å². The van der Waals surface area contributed by atoms with Gasteiger partial charge in [0.1, 0.15) is 6.10 Å². The summed E-state index contributed by atoms with van der Waals surface area (Å²) in [5.41, 5.74) is 5.60. The van der Waals surface area contributed by atoms with Crippen LogP contribution in [0.4, 0.5) is 0 Å². The number of amides is 1. The van der Waals surface area contributed by atoms with Crippen molar-refractivity contribution in [3.8, 4) is 0 Å². The molecule has 0 heterocycles. The minimum atomic E-state index is -4.30. The Labute approximate surface area is 221 Å². The van der Waals surface area contributed by atoms with E-state index in [0.29, 0.717) is 38.5 Å². The first kappa shape index (κ1) is 37.3. The van der Waals surface area contributed by atoms with Gasteiger partial charge in [0.2, 0.25) is 6.41 Å². The Kier molecular flexibility index (Phi) is 23.8. The number of aliphatic hydroxyl groups is 2. The van der Waals surface area contributed by atoms with Gasteiger partial charge in [0.15, 0.2) is 0 Å². The Morgan fingerprint density at radius 2 is 1.58 bits per heavy atom. The number of aliphatic hydroxyl groups excluding tert-OH is 2. The Morgan fingerprint density at radius 1 is 1.06 bits per heavy atom. The minimum Gasteiger partial charge on any atom is -0.748 e. The predicted octanol–water partition coefficient (Wildman–Crippen LogP) is -1.96. The molecule has 0 saturated carbocycles. The summed E-state index contributed by atoms with van der Waals surface area (Å²) in [5.74, 6) is -1.31. The topological polar surface area (TPSA) is 179 Å². The molecule has 1 amide bonds. The first-order valence-electron chi connectivity index (χ1n) is 11.2. The third kappa shape index (κ3) is 24.7. The second kappa shape index (κ2) is 21.0. The molecule has 0 saturated heterocycles. The maximum Gasteiger partial charge on any atom is 1.00 e. The molecule has 0 fully saturated rings. The maximum absolute atomic E-state index is 11.0. The van der Waals surface area contributed by atoms with Crippen LogP contribution in [0.25, 0.3) is 0 Å². The second-order valence-electron chi connectivity index (χ2n) is 8.26. The number of hydrogen-bond acceptors (Lipinski definition) is 9. The standard InChI is InChI=1S/C12H24O6S.C9H20N2O2.Na/c1-4-10(8-19(15,16)17)6-12(18-9(3)13)7-11(14)5-2;1-3-9(13)5-8(11-6-12)4-7(2)10;/h10-12,14H,4-8H2,1-3H3,(H,15,16,17);6-9,13H,3-5,10H2,1-2H3,(H,11,12);/q;;+1/p-1. The van der Waals surface area contributed by atoms with Crippen LogP contribution in [0.2, 0.25) is 0 Å². The number of nitrogens with one attached hydrogen (secondary N) is 1. The summed E-state index contributed by atoms with van der Waals surface area (Å²) < 4.78 is 37.4. The van der Waals surface area contributed by atoms with Gasteiger partial charge in [0.05, 0.1) is 22.3 Å². The van der Waals surface area contributed by atoms with Crippen LogP contribution in [0, 0.1) is 5.92 Å². The summed E-state index contributed by atoms with van der Waals surface area (Å²) in [6, 6.07) is 0.0361. The molecular formula is C21H43N2NaO8S. The summed E-state index contributed by atoms with van der Waals surface area (Å²) in [6.45, 7) is 8.63. The number of rotatable bonds is 16. The van der Waals surface area contributed by atoms with Gasteiger partial charge in [-0.3, -0.25) is 9.59 Å². The molecule has 0 aromatic carbocycles. The SMILES string of the molecule is CCC(O)CC(CC(C)N)NC=O.CCC(O)CC(CC(CC)CS(=O)(=O)[O-])OC(C)=O.[Na+]. The zero-order chi connectivity index (χ0) is 25.3. The summed E-state index contributed by atoms with van der Waals surface area (Å²) in [4.78, 5) is 21.2. The van der Waals surface area contributed by atoms with E-state index in [2.05, 4.69) is 5.32 Å². The number of carbonyl (C=O) groups is 2. The van der Waals surface area contributed by atoms with Gasteiger partial charge in [0.25, 0.3) is 0 Å². The number of nitrogens with two attached hydrogens (primary N) is 1. The molecule has 12 heteroatoms. The van der Waals surface area contributed by atoms with E-state index in [-0.39, 0.29) is 66.5 Å². The van der Waals surface area contributed by atoms with E-state index in [9.17, 15) is 32.8 Å². The van der Waals surface area contributed by atoms with E-state index in [4.69, 9.17) is 10.5 Å². The van der Waals surface area contributed by atoms with Crippen molar-refractivity contribution in [2.24, 2.45) is 11.7 Å². The first-order valence-corrected chi connectivity index (χ1v) is 12.8. The van der Waals surface area contributed by atoms with Crippen LogP contribution in [-0.4, -0.2) is 71.7 Å². The van der Waals surface area contributed by atoms with Crippen molar-refractivity contribution >= 4 is 22.5 Å². The van der Waals surface area contributed by atoms with Gasteiger partial charge in [-0.1, -0.05) is 27.2 Å². The smallest absolute Gasteiger partial charge is 0.748 e. The number of hydrogen-bond donors (Lipinski definition) is 4. The molecule has 0 bridgehead atoms. The van der Waals surface area contributed by atoms with E-state index in [1.54, 1.807) is 13.8 Å². The Bertz CT molecular complexity index is 607. The fraction of sp³-hybridized carbons (Fsp3) is 0.905. The fourth-order valence-corrected chi connectivity index (χ4v) is 4.13. The zero-order valence-corrected chi connectivity index (χ0v) is 23.8.